The third-order valence-electron chi connectivity index (χ3n) is 5.08. The number of carbonyl (C=O) groups is 2. The van der Waals surface area contributed by atoms with Crippen molar-refractivity contribution in [3.05, 3.63) is 82.6 Å². The fourth-order valence-electron chi connectivity index (χ4n) is 3.73. The highest BCUT2D eigenvalue weighted by Gasteiger charge is 2.44. The summed E-state index contributed by atoms with van der Waals surface area (Å²) in [5.41, 5.74) is 5.99. The fourth-order valence-corrected chi connectivity index (χ4v) is 3.73. The molecule has 0 bridgehead atoms. The molecule has 170 valence electrons. The SMILES string of the molecule is CCOc1cccc(F)c1N1C(N)=C(C#N)C(c2ccccc2)C(C(=O)OC)=C1C(=O)OC. The van der Waals surface area contributed by atoms with Gasteiger partial charge in [0.25, 0.3) is 0 Å². The predicted octanol–water partition coefficient (Wildman–Crippen LogP) is 3.12. The van der Waals surface area contributed by atoms with Gasteiger partial charge in [-0.2, -0.15) is 5.26 Å². The van der Waals surface area contributed by atoms with E-state index in [1.165, 1.54) is 12.1 Å². The highest BCUT2D eigenvalue weighted by atomic mass is 19.1. The molecule has 0 saturated heterocycles. The third kappa shape index (κ3) is 4.11. The third-order valence-corrected chi connectivity index (χ3v) is 5.08. The maximum atomic E-state index is 15.2. The predicted molar refractivity (Wildman–Crippen MR) is 117 cm³/mol. The van der Waals surface area contributed by atoms with E-state index in [0.29, 0.717) is 5.56 Å². The van der Waals surface area contributed by atoms with E-state index in [9.17, 15) is 14.9 Å². The normalized spacial score (nSPS) is 15.7. The van der Waals surface area contributed by atoms with Crippen molar-refractivity contribution in [3.8, 4) is 11.8 Å². The van der Waals surface area contributed by atoms with E-state index in [1.807, 2.05) is 6.07 Å². The summed E-state index contributed by atoms with van der Waals surface area (Å²) in [5.74, 6) is -3.89. The molecule has 1 aliphatic rings. The molecule has 2 aromatic carbocycles. The van der Waals surface area contributed by atoms with Crippen molar-refractivity contribution < 1.29 is 28.2 Å². The van der Waals surface area contributed by atoms with Crippen LogP contribution in [0.3, 0.4) is 0 Å². The summed E-state index contributed by atoms with van der Waals surface area (Å²) in [6, 6.07) is 14.6. The lowest BCUT2D eigenvalue weighted by Crippen LogP contribution is -2.41. The van der Waals surface area contributed by atoms with E-state index >= 15 is 4.39 Å². The van der Waals surface area contributed by atoms with Gasteiger partial charge in [-0.1, -0.05) is 36.4 Å². The minimum atomic E-state index is -1.05. The first kappa shape index (κ1) is 23.3. The Morgan fingerprint density at radius 2 is 1.76 bits per heavy atom. The zero-order valence-corrected chi connectivity index (χ0v) is 18.3. The quantitative estimate of drug-likeness (QED) is 0.666. The number of nitriles is 1. The van der Waals surface area contributed by atoms with Crippen LogP contribution in [0.2, 0.25) is 0 Å². The number of hydrogen-bond acceptors (Lipinski definition) is 8. The number of methoxy groups -OCH3 is 2. The average Bonchev–Trinajstić information content (AvgIpc) is 2.83. The van der Waals surface area contributed by atoms with Gasteiger partial charge in [0.2, 0.25) is 0 Å². The van der Waals surface area contributed by atoms with Gasteiger partial charge in [0.15, 0.2) is 5.82 Å². The summed E-state index contributed by atoms with van der Waals surface area (Å²) >= 11 is 0. The molecule has 2 N–H and O–H groups in total. The molecule has 0 aromatic heterocycles. The summed E-state index contributed by atoms with van der Waals surface area (Å²) in [5, 5.41) is 10.0. The lowest BCUT2D eigenvalue weighted by molar-refractivity contribution is -0.139. The molecule has 0 saturated carbocycles. The zero-order chi connectivity index (χ0) is 24.1. The smallest absolute Gasteiger partial charge is 0.355 e. The van der Waals surface area contributed by atoms with Gasteiger partial charge in [-0.15, -0.1) is 0 Å². The number of anilines is 1. The van der Waals surface area contributed by atoms with Gasteiger partial charge in [-0.3, -0.25) is 4.90 Å². The summed E-state index contributed by atoms with van der Waals surface area (Å²) in [6.07, 6.45) is 0. The van der Waals surface area contributed by atoms with Crippen molar-refractivity contribution in [2.24, 2.45) is 5.73 Å². The number of esters is 2. The van der Waals surface area contributed by atoms with Crippen molar-refractivity contribution in [1.82, 2.24) is 0 Å². The first-order chi connectivity index (χ1) is 15.9. The lowest BCUT2D eigenvalue weighted by atomic mass is 9.81. The molecule has 0 spiro atoms. The molecule has 0 aliphatic carbocycles. The van der Waals surface area contributed by atoms with Crippen LogP contribution in [-0.4, -0.2) is 32.8 Å². The molecule has 0 amide bonds. The summed E-state index contributed by atoms with van der Waals surface area (Å²) in [6.45, 7) is 1.89. The maximum absolute atomic E-state index is 15.2. The van der Waals surface area contributed by atoms with Crippen LogP contribution in [0.4, 0.5) is 10.1 Å². The van der Waals surface area contributed by atoms with Crippen molar-refractivity contribution in [3.63, 3.8) is 0 Å². The second-order valence-electron chi connectivity index (χ2n) is 6.85. The van der Waals surface area contributed by atoms with Crippen molar-refractivity contribution in [1.29, 1.82) is 5.26 Å². The number of rotatable bonds is 6. The van der Waals surface area contributed by atoms with E-state index in [-0.39, 0.29) is 40.7 Å². The number of allylic oxidation sites excluding steroid dienone is 1. The Morgan fingerprint density at radius 3 is 2.33 bits per heavy atom. The number of carbonyl (C=O) groups excluding carboxylic acids is 2. The van der Waals surface area contributed by atoms with Gasteiger partial charge in [-0.25, -0.2) is 14.0 Å². The topological polar surface area (TPSA) is 115 Å². The standard InChI is InChI=1S/C24H22FN3O5/c1-4-33-17-12-8-11-16(25)20(17)28-21(24(30)32-3)19(23(29)31-2)18(15(13-26)22(28)27)14-9-6-5-7-10-14/h5-12,18H,4,27H2,1-3H3. The summed E-state index contributed by atoms with van der Waals surface area (Å²) in [4.78, 5) is 27.0. The first-order valence-corrected chi connectivity index (χ1v) is 9.98. The number of ether oxygens (including phenoxy) is 3. The van der Waals surface area contributed by atoms with Crippen LogP contribution in [0, 0.1) is 17.1 Å². The Bertz CT molecular complexity index is 1180. The second-order valence-corrected chi connectivity index (χ2v) is 6.85. The number of nitrogens with zero attached hydrogens (tertiary/aromatic N) is 2. The minimum Gasteiger partial charge on any atom is -0.492 e. The Kier molecular flexibility index (Phi) is 6.98. The lowest BCUT2D eigenvalue weighted by Gasteiger charge is -2.36. The van der Waals surface area contributed by atoms with E-state index < -0.39 is 23.7 Å². The Labute approximate surface area is 190 Å². The van der Waals surface area contributed by atoms with Gasteiger partial charge >= 0.3 is 11.9 Å². The highest BCUT2D eigenvalue weighted by molar-refractivity contribution is 6.06. The van der Waals surface area contributed by atoms with Crippen molar-refractivity contribution in [2.45, 2.75) is 12.8 Å². The Balaban J connectivity index is 2.47. The van der Waals surface area contributed by atoms with Gasteiger partial charge in [0.05, 0.1) is 44.0 Å². The molecular formula is C24H22FN3O5. The average molecular weight is 451 g/mol. The second kappa shape index (κ2) is 9.87. The Morgan fingerprint density at radius 1 is 1.09 bits per heavy atom. The van der Waals surface area contributed by atoms with Crippen LogP contribution in [-0.2, 0) is 19.1 Å². The van der Waals surface area contributed by atoms with E-state index in [1.54, 1.807) is 37.3 Å². The molecule has 9 heteroatoms. The molecule has 1 aliphatic heterocycles. The number of benzene rings is 2. The molecule has 8 nitrogen and oxygen atoms in total. The monoisotopic (exact) mass is 451 g/mol. The van der Waals surface area contributed by atoms with E-state index in [4.69, 9.17) is 19.9 Å². The molecule has 3 rings (SSSR count). The van der Waals surface area contributed by atoms with Gasteiger partial charge < -0.3 is 19.9 Å². The van der Waals surface area contributed by atoms with Crippen LogP contribution >= 0.6 is 0 Å². The fraction of sp³-hybridized carbons (Fsp3) is 0.208. The maximum Gasteiger partial charge on any atom is 0.355 e. The number of hydrogen-bond donors (Lipinski definition) is 1. The Hall–Kier alpha value is -4.32. The molecule has 1 atom stereocenters. The summed E-state index contributed by atoms with van der Waals surface area (Å²) < 4.78 is 30.6. The molecule has 2 aromatic rings. The first-order valence-electron chi connectivity index (χ1n) is 9.98. The zero-order valence-electron chi connectivity index (χ0n) is 18.3. The van der Waals surface area contributed by atoms with E-state index in [0.717, 1.165) is 25.2 Å². The molecule has 0 fully saturated rings. The number of nitrogens with two attached hydrogens (primary N) is 1. The van der Waals surface area contributed by atoms with E-state index in [2.05, 4.69) is 0 Å². The van der Waals surface area contributed by atoms with Crippen LogP contribution in [0.15, 0.2) is 71.2 Å². The molecule has 0 radical (unpaired) electrons. The van der Waals surface area contributed by atoms with Crippen LogP contribution in [0.25, 0.3) is 0 Å². The van der Waals surface area contributed by atoms with Gasteiger partial charge in [0.1, 0.15) is 23.0 Å². The molecule has 1 unspecified atom stereocenters. The minimum absolute atomic E-state index is 0.0570. The largest absolute Gasteiger partial charge is 0.492 e. The van der Waals surface area contributed by atoms with Gasteiger partial charge in [0, 0.05) is 0 Å². The number of para-hydroxylation sites is 1. The molecule has 1 heterocycles. The summed E-state index contributed by atoms with van der Waals surface area (Å²) in [7, 11) is 2.25. The van der Waals surface area contributed by atoms with Crippen LogP contribution in [0.5, 0.6) is 5.75 Å². The van der Waals surface area contributed by atoms with Crippen LogP contribution < -0.4 is 15.4 Å². The van der Waals surface area contributed by atoms with Crippen LogP contribution in [0.1, 0.15) is 18.4 Å². The van der Waals surface area contributed by atoms with Crippen molar-refractivity contribution >= 4 is 17.6 Å². The molecule has 33 heavy (non-hydrogen) atoms. The van der Waals surface area contributed by atoms with Gasteiger partial charge in [-0.05, 0) is 24.6 Å². The molecular weight excluding hydrogens is 429 g/mol. The number of halogens is 1. The van der Waals surface area contributed by atoms with Crippen molar-refractivity contribution in [2.75, 3.05) is 25.7 Å². The highest BCUT2D eigenvalue weighted by Crippen LogP contribution is 2.45.